The van der Waals surface area contributed by atoms with E-state index >= 15 is 0 Å². The molecule has 0 aromatic carbocycles. The average molecular weight is 245 g/mol. The quantitative estimate of drug-likeness (QED) is 0.871. The van der Waals surface area contributed by atoms with Crippen molar-refractivity contribution in [2.75, 3.05) is 18.0 Å². The van der Waals surface area contributed by atoms with Crippen LogP contribution in [0.15, 0.2) is 12.1 Å². The van der Waals surface area contributed by atoms with Gasteiger partial charge in [0.15, 0.2) is 0 Å². The second kappa shape index (κ2) is 4.65. The molecule has 0 radical (unpaired) electrons. The zero-order valence-electron chi connectivity index (χ0n) is 10.4. The van der Waals surface area contributed by atoms with Gasteiger partial charge in [0.1, 0.15) is 5.82 Å². The lowest BCUT2D eigenvalue weighted by Gasteiger charge is -2.42. The molecule has 1 aromatic rings. The highest BCUT2D eigenvalue weighted by Crippen LogP contribution is 2.28. The Morgan fingerprint density at radius 1 is 1.61 bits per heavy atom. The molecule has 0 aliphatic carbocycles. The third kappa shape index (κ3) is 2.28. The van der Waals surface area contributed by atoms with Crippen LogP contribution in [0.25, 0.3) is 0 Å². The molecule has 2 heterocycles. The predicted molar refractivity (Wildman–Crippen MR) is 66.2 cm³/mol. The van der Waals surface area contributed by atoms with Crippen LogP contribution in [-0.4, -0.2) is 29.1 Å². The summed E-state index contributed by atoms with van der Waals surface area (Å²) in [7, 11) is 0. The molecule has 1 saturated heterocycles. The molecule has 1 fully saturated rings. The van der Waals surface area contributed by atoms with Gasteiger partial charge in [-0.15, -0.1) is 0 Å². The lowest BCUT2D eigenvalue weighted by atomic mass is 9.87. The zero-order chi connectivity index (χ0) is 13.3. The van der Waals surface area contributed by atoms with Crippen molar-refractivity contribution in [1.82, 2.24) is 4.98 Å². The summed E-state index contributed by atoms with van der Waals surface area (Å²) in [6.45, 7) is 4.96. The normalized spacial score (nSPS) is 16.8. The van der Waals surface area contributed by atoms with Gasteiger partial charge in [-0.3, -0.25) is 4.79 Å². The van der Waals surface area contributed by atoms with Crippen LogP contribution in [0.3, 0.4) is 0 Å². The first-order chi connectivity index (χ1) is 8.51. The molecule has 2 rings (SSSR count). The van der Waals surface area contributed by atoms with E-state index < -0.39 is 5.97 Å². The third-order valence-corrected chi connectivity index (χ3v) is 3.40. The molecule has 0 amide bonds. The minimum absolute atomic E-state index is 0.162. The molecule has 1 aromatic heterocycles. The van der Waals surface area contributed by atoms with Crippen LogP contribution in [0.1, 0.15) is 18.2 Å². The molecule has 0 bridgehead atoms. The molecular weight excluding hydrogens is 230 g/mol. The summed E-state index contributed by atoms with van der Waals surface area (Å²) in [5.41, 5.74) is 1.39. The Labute approximate surface area is 106 Å². The van der Waals surface area contributed by atoms with E-state index in [2.05, 4.69) is 11.1 Å². The van der Waals surface area contributed by atoms with Gasteiger partial charge in [0, 0.05) is 24.7 Å². The van der Waals surface area contributed by atoms with Gasteiger partial charge in [0.25, 0.3) is 0 Å². The van der Waals surface area contributed by atoms with Gasteiger partial charge in [-0.2, -0.15) is 5.26 Å². The van der Waals surface area contributed by atoms with Gasteiger partial charge in [0.2, 0.25) is 0 Å². The number of carbonyl (C=O) groups is 1. The van der Waals surface area contributed by atoms with Crippen LogP contribution >= 0.6 is 0 Å². The van der Waals surface area contributed by atoms with E-state index in [9.17, 15) is 4.79 Å². The Hall–Kier alpha value is -2.09. The molecule has 1 aliphatic heterocycles. The van der Waals surface area contributed by atoms with Gasteiger partial charge in [-0.25, -0.2) is 4.98 Å². The van der Waals surface area contributed by atoms with Crippen LogP contribution < -0.4 is 4.90 Å². The minimum atomic E-state index is -0.755. The summed E-state index contributed by atoms with van der Waals surface area (Å²) in [6.07, 6.45) is 0. The van der Waals surface area contributed by atoms with Crippen LogP contribution in [0.2, 0.25) is 0 Å². The highest BCUT2D eigenvalue weighted by atomic mass is 16.4. The van der Waals surface area contributed by atoms with Gasteiger partial charge < -0.3 is 10.0 Å². The molecular formula is C13H15N3O2. The van der Waals surface area contributed by atoms with E-state index in [4.69, 9.17) is 10.4 Å². The van der Waals surface area contributed by atoms with Crippen molar-refractivity contribution < 1.29 is 9.90 Å². The maximum atomic E-state index is 10.9. The van der Waals surface area contributed by atoms with Gasteiger partial charge in [-0.1, -0.05) is 6.92 Å². The molecule has 0 saturated carbocycles. The summed E-state index contributed by atoms with van der Waals surface area (Å²) >= 11 is 0. The van der Waals surface area contributed by atoms with E-state index in [1.165, 1.54) is 0 Å². The summed E-state index contributed by atoms with van der Waals surface area (Å²) in [5, 5.41) is 17.8. The highest BCUT2D eigenvalue weighted by Gasteiger charge is 2.35. The molecule has 1 atom stereocenters. The smallest absolute Gasteiger partial charge is 0.306 e. The number of aromatic nitrogens is 1. The number of hydrogen-bond acceptors (Lipinski definition) is 4. The number of carboxylic acid groups (broad SMARTS) is 1. The maximum Gasteiger partial charge on any atom is 0.306 e. The Bertz CT molecular complexity index is 515. The van der Waals surface area contributed by atoms with Crippen LogP contribution in [0, 0.1) is 30.1 Å². The van der Waals surface area contributed by atoms with Crippen molar-refractivity contribution in [2.24, 2.45) is 11.8 Å². The predicted octanol–water partition coefficient (Wildman–Crippen LogP) is 1.42. The first-order valence-corrected chi connectivity index (χ1v) is 5.88. The molecule has 18 heavy (non-hydrogen) atoms. The fourth-order valence-electron chi connectivity index (χ4n) is 2.10. The Morgan fingerprint density at radius 3 is 2.83 bits per heavy atom. The number of hydrogen-bond donors (Lipinski definition) is 1. The number of carboxylic acids is 1. The summed E-state index contributed by atoms with van der Waals surface area (Å²) in [6, 6.07) is 5.58. The van der Waals surface area contributed by atoms with Crippen LogP contribution in [-0.2, 0) is 4.79 Å². The number of aryl methyl sites for hydroxylation is 1. The molecule has 1 aliphatic rings. The average Bonchev–Trinajstić information content (AvgIpc) is 2.25. The monoisotopic (exact) mass is 245 g/mol. The third-order valence-electron chi connectivity index (χ3n) is 3.40. The van der Waals surface area contributed by atoms with Gasteiger partial charge in [-0.05, 0) is 19.1 Å². The number of rotatable bonds is 3. The van der Waals surface area contributed by atoms with Crippen molar-refractivity contribution in [3.63, 3.8) is 0 Å². The number of nitrogens with zero attached hydrogens (tertiary/aromatic N) is 3. The summed E-state index contributed by atoms with van der Waals surface area (Å²) in [4.78, 5) is 17.2. The topological polar surface area (TPSA) is 77.2 Å². The highest BCUT2D eigenvalue weighted by molar-refractivity contribution is 5.70. The molecule has 5 nitrogen and oxygen atoms in total. The van der Waals surface area contributed by atoms with Crippen molar-refractivity contribution in [1.29, 1.82) is 5.26 Å². The van der Waals surface area contributed by atoms with Gasteiger partial charge in [0.05, 0.1) is 17.6 Å². The minimum Gasteiger partial charge on any atom is -0.481 e. The second-order valence-electron chi connectivity index (χ2n) is 4.76. The summed E-state index contributed by atoms with van der Waals surface area (Å²) in [5.74, 6) is -0.160. The maximum absolute atomic E-state index is 10.9. The molecule has 0 spiro atoms. The van der Waals surface area contributed by atoms with E-state index in [1.54, 1.807) is 19.1 Å². The first-order valence-electron chi connectivity index (χ1n) is 5.88. The fourth-order valence-corrected chi connectivity index (χ4v) is 2.10. The van der Waals surface area contributed by atoms with Crippen molar-refractivity contribution in [3.8, 4) is 6.07 Å². The Kier molecular flexibility index (Phi) is 3.19. The Morgan fingerprint density at radius 2 is 2.28 bits per heavy atom. The number of aliphatic carboxylic acids is 1. The van der Waals surface area contributed by atoms with Crippen molar-refractivity contribution in [3.05, 3.63) is 23.4 Å². The second-order valence-corrected chi connectivity index (χ2v) is 4.76. The van der Waals surface area contributed by atoms with E-state index in [0.29, 0.717) is 18.7 Å². The van der Waals surface area contributed by atoms with Gasteiger partial charge >= 0.3 is 5.97 Å². The van der Waals surface area contributed by atoms with E-state index in [0.717, 1.165) is 11.5 Å². The molecule has 94 valence electrons. The Balaban J connectivity index is 2.07. The molecule has 5 heteroatoms. The van der Waals surface area contributed by atoms with Crippen LogP contribution in [0.4, 0.5) is 5.82 Å². The van der Waals surface area contributed by atoms with E-state index in [1.807, 2.05) is 11.8 Å². The summed E-state index contributed by atoms with van der Waals surface area (Å²) < 4.78 is 0. The van der Waals surface area contributed by atoms with E-state index in [-0.39, 0.29) is 11.8 Å². The number of nitriles is 1. The molecule has 1 N–H and O–H groups in total. The van der Waals surface area contributed by atoms with Crippen molar-refractivity contribution >= 4 is 11.8 Å². The zero-order valence-corrected chi connectivity index (χ0v) is 10.4. The largest absolute Gasteiger partial charge is 0.481 e. The lowest BCUT2D eigenvalue weighted by Crippen LogP contribution is -2.51. The SMILES string of the molecule is Cc1cc(C#N)cc(N2CC(C(C)C(=O)O)C2)n1. The fraction of sp³-hybridized carbons (Fsp3) is 0.462. The van der Waals surface area contributed by atoms with Crippen LogP contribution in [0.5, 0.6) is 0 Å². The number of pyridine rings is 1. The first kappa shape index (κ1) is 12.4. The van der Waals surface area contributed by atoms with Crippen molar-refractivity contribution in [2.45, 2.75) is 13.8 Å². The number of anilines is 1. The molecule has 1 unspecified atom stereocenters. The lowest BCUT2D eigenvalue weighted by molar-refractivity contribution is -0.143. The standard InChI is InChI=1S/C13H15N3O2/c1-8-3-10(5-14)4-12(15-8)16-6-11(7-16)9(2)13(17)18/h3-4,9,11H,6-7H2,1-2H3,(H,17,18).